The van der Waals surface area contributed by atoms with Crippen LogP contribution in [0.5, 0.6) is 0 Å². The predicted molar refractivity (Wildman–Crippen MR) is 106 cm³/mol. The highest BCUT2D eigenvalue weighted by atomic mass is 16.2. The Labute approximate surface area is 160 Å². The number of nitrogens with two attached hydrogens (primary N) is 1. The molecule has 0 saturated heterocycles. The molecule has 1 aliphatic carbocycles. The van der Waals surface area contributed by atoms with Gasteiger partial charge in [-0.3, -0.25) is 14.5 Å². The number of rotatable bonds is 7. The number of fused-ring (bicyclic) bond motifs is 1. The molecule has 0 fully saturated rings. The summed E-state index contributed by atoms with van der Waals surface area (Å²) in [5.74, 6) is -0.665. The molecule has 2 amide bonds. The molecule has 0 saturated carbocycles. The summed E-state index contributed by atoms with van der Waals surface area (Å²) in [7, 11) is 1.99. The van der Waals surface area contributed by atoms with Gasteiger partial charge in [-0.2, -0.15) is 0 Å². The second kappa shape index (κ2) is 7.92. The van der Waals surface area contributed by atoms with E-state index in [0.717, 1.165) is 13.0 Å². The fourth-order valence-corrected chi connectivity index (χ4v) is 3.76. The molecule has 0 unspecified atom stereocenters. The van der Waals surface area contributed by atoms with Crippen molar-refractivity contribution >= 4 is 11.8 Å². The van der Waals surface area contributed by atoms with E-state index in [-0.39, 0.29) is 5.91 Å². The molecule has 0 bridgehead atoms. The Balaban J connectivity index is 1.82. The zero-order valence-corrected chi connectivity index (χ0v) is 15.9. The molecule has 5 nitrogen and oxygen atoms in total. The summed E-state index contributed by atoms with van der Waals surface area (Å²) in [5.41, 5.74) is 8.26. The molecule has 0 aliphatic heterocycles. The van der Waals surface area contributed by atoms with Gasteiger partial charge in [0.2, 0.25) is 11.8 Å². The molecule has 0 spiro atoms. The summed E-state index contributed by atoms with van der Waals surface area (Å²) in [6, 6.07) is 17.7. The van der Waals surface area contributed by atoms with Crippen LogP contribution in [0.4, 0.5) is 0 Å². The lowest BCUT2D eigenvalue weighted by molar-refractivity contribution is -0.135. The minimum Gasteiger partial charge on any atom is -0.368 e. The average Bonchev–Trinajstić information content (AvgIpc) is 3.07. The minimum atomic E-state index is -0.706. The van der Waals surface area contributed by atoms with Crippen LogP contribution in [-0.4, -0.2) is 41.9 Å². The van der Waals surface area contributed by atoms with E-state index in [4.69, 9.17) is 5.73 Å². The first-order chi connectivity index (χ1) is 12.9. The van der Waals surface area contributed by atoms with Crippen LogP contribution in [0.1, 0.15) is 23.6 Å². The molecule has 3 rings (SSSR count). The van der Waals surface area contributed by atoms with Crippen molar-refractivity contribution in [3.8, 4) is 0 Å². The largest absolute Gasteiger partial charge is 0.368 e. The van der Waals surface area contributed by atoms with Gasteiger partial charge in [-0.05, 0) is 37.1 Å². The highest BCUT2D eigenvalue weighted by molar-refractivity contribution is 5.92. The lowest BCUT2D eigenvalue weighted by Crippen LogP contribution is -2.61. The lowest BCUT2D eigenvalue weighted by atomic mass is 9.91. The molecule has 1 atom stereocenters. The molecular weight excluding hydrogens is 338 g/mol. The Morgan fingerprint density at radius 1 is 1.07 bits per heavy atom. The first kappa shape index (κ1) is 19.1. The van der Waals surface area contributed by atoms with E-state index in [2.05, 4.69) is 34.5 Å². The maximum atomic E-state index is 13.2. The normalized spacial score (nSPS) is 16.0. The van der Waals surface area contributed by atoms with Crippen molar-refractivity contribution < 1.29 is 9.59 Å². The third-order valence-corrected chi connectivity index (χ3v) is 5.59. The average molecular weight is 365 g/mol. The van der Waals surface area contributed by atoms with Gasteiger partial charge < -0.3 is 11.1 Å². The summed E-state index contributed by atoms with van der Waals surface area (Å²) in [4.78, 5) is 26.8. The molecule has 0 radical (unpaired) electrons. The van der Waals surface area contributed by atoms with Gasteiger partial charge in [0.15, 0.2) is 0 Å². The van der Waals surface area contributed by atoms with Crippen LogP contribution in [0, 0.1) is 0 Å². The van der Waals surface area contributed by atoms with Crippen LogP contribution < -0.4 is 11.1 Å². The number of benzene rings is 2. The van der Waals surface area contributed by atoms with Crippen molar-refractivity contribution in [2.45, 2.75) is 37.8 Å². The van der Waals surface area contributed by atoms with Gasteiger partial charge in [0, 0.05) is 19.4 Å². The molecule has 2 aromatic rings. The number of nitrogens with one attached hydrogen (secondary N) is 1. The van der Waals surface area contributed by atoms with Crippen LogP contribution in [0.15, 0.2) is 54.6 Å². The van der Waals surface area contributed by atoms with Gasteiger partial charge in [0.05, 0.1) is 0 Å². The number of hydrogen-bond donors (Lipinski definition) is 2. The van der Waals surface area contributed by atoms with Crippen molar-refractivity contribution in [3.05, 3.63) is 71.3 Å². The van der Waals surface area contributed by atoms with Crippen molar-refractivity contribution in [2.24, 2.45) is 5.73 Å². The summed E-state index contributed by atoms with van der Waals surface area (Å²) >= 11 is 0. The highest BCUT2D eigenvalue weighted by Crippen LogP contribution is 2.34. The molecule has 1 aliphatic rings. The molecule has 142 valence electrons. The fourth-order valence-electron chi connectivity index (χ4n) is 3.76. The van der Waals surface area contributed by atoms with E-state index in [9.17, 15) is 9.59 Å². The number of nitrogens with zero attached hydrogens (tertiary/aromatic N) is 1. The van der Waals surface area contributed by atoms with Crippen LogP contribution in [-0.2, 0) is 28.9 Å². The molecule has 0 heterocycles. The number of primary amides is 1. The lowest BCUT2D eigenvalue weighted by Gasteiger charge is -2.38. The monoisotopic (exact) mass is 365 g/mol. The zero-order valence-electron chi connectivity index (χ0n) is 15.9. The summed E-state index contributed by atoms with van der Waals surface area (Å²) in [5, 5.41) is 2.82. The number of carbonyl (C=O) groups excluding carboxylic acids is 2. The molecule has 5 heteroatoms. The smallest absolute Gasteiger partial charge is 0.241 e. The SMILES string of the molecule is C[C@H](NC(=O)C1(N(C)CCc2ccccc2)Cc2ccccc2C1)C(N)=O. The first-order valence-electron chi connectivity index (χ1n) is 9.34. The molecule has 27 heavy (non-hydrogen) atoms. The predicted octanol–water partition coefficient (Wildman–Crippen LogP) is 1.69. The topological polar surface area (TPSA) is 75.4 Å². The molecule has 3 N–H and O–H groups in total. The van der Waals surface area contributed by atoms with Crippen molar-refractivity contribution in [1.29, 1.82) is 0 Å². The maximum Gasteiger partial charge on any atom is 0.241 e. The summed E-state index contributed by atoms with van der Waals surface area (Å²) in [6.45, 7) is 2.37. The Morgan fingerprint density at radius 3 is 2.19 bits per heavy atom. The molecule has 2 aromatic carbocycles. The van der Waals surface area contributed by atoms with Crippen LogP contribution in [0.25, 0.3) is 0 Å². The zero-order chi connectivity index (χ0) is 19.4. The number of likely N-dealkylation sites (N-methyl/N-ethyl adjacent to an activating group) is 1. The standard InChI is InChI=1S/C22H27N3O2/c1-16(20(23)26)24-21(27)22(14-18-10-6-7-11-19(18)15-22)25(2)13-12-17-8-4-3-5-9-17/h3-11,16H,12-15H2,1-2H3,(H2,23,26)(H,24,27)/t16-/m0/s1. The number of carbonyl (C=O) groups is 2. The third-order valence-electron chi connectivity index (χ3n) is 5.59. The fraction of sp³-hybridized carbons (Fsp3) is 0.364. The Hall–Kier alpha value is -2.66. The maximum absolute atomic E-state index is 13.2. The minimum absolute atomic E-state index is 0.138. The van der Waals surface area contributed by atoms with E-state index < -0.39 is 17.5 Å². The van der Waals surface area contributed by atoms with E-state index in [1.54, 1.807) is 6.92 Å². The van der Waals surface area contributed by atoms with Gasteiger partial charge in [-0.25, -0.2) is 0 Å². The summed E-state index contributed by atoms with van der Waals surface area (Å²) < 4.78 is 0. The van der Waals surface area contributed by atoms with Gasteiger partial charge in [0.25, 0.3) is 0 Å². The first-order valence-corrected chi connectivity index (χ1v) is 9.34. The second-order valence-electron chi connectivity index (χ2n) is 7.41. The summed E-state index contributed by atoms with van der Waals surface area (Å²) in [6.07, 6.45) is 2.12. The van der Waals surface area contributed by atoms with Crippen molar-refractivity contribution in [3.63, 3.8) is 0 Å². The van der Waals surface area contributed by atoms with Gasteiger partial charge in [-0.1, -0.05) is 54.6 Å². The van der Waals surface area contributed by atoms with Crippen molar-refractivity contribution in [1.82, 2.24) is 10.2 Å². The Kier molecular flexibility index (Phi) is 5.61. The van der Waals surface area contributed by atoms with E-state index in [1.165, 1.54) is 16.7 Å². The quantitative estimate of drug-likeness (QED) is 0.784. The van der Waals surface area contributed by atoms with Crippen LogP contribution >= 0.6 is 0 Å². The van der Waals surface area contributed by atoms with E-state index in [0.29, 0.717) is 12.8 Å². The Bertz CT molecular complexity index is 794. The number of amides is 2. The highest BCUT2D eigenvalue weighted by Gasteiger charge is 2.47. The van der Waals surface area contributed by atoms with E-state index >= 15 is 0 Å². The number of hydrogen-bond acceptors (Lipinski definition) is 3. The van der Waals surface area contributed by atoms with Crippen LogP contribution in [0.3, 0.4) is 0 Å². The van der Waals surface area contributed by atoms with Crippen LogP contribution in [0.2, 0.25) is 0 Å². The van der Waals surface area contributed by atoms with Gasteiger partial charge in [-0.15, -0.1) is 0 Å². The van der Waals surface area contributed by atoms with Gasteiger partial charge in [0.1, 0.15) is 11.6 Å². The molecule has 0 aromatic heterocycles. The molecular formula is C22H27N3O2. The third kappa shape index (κ3) is 4.03. The van der Waals surface area contributed by atoms with Crippen molar-refractivity contribution in [2.75, 3.05) is 13.6 Å². The second-order valence-corrected chi connectivity index (χ2v) is 7.41. The van der Waals surface area contributed by atoms with Gasteiger partial charge >= 0.3 is 0 Å². The van der Waals surface area contributed by atoms with E-state index in [1.807, 2.05) is 37.4 Å². The Morgan fingerprint density at radius 2 is 1.63 bits per heavy atom.